The minimum atomic E-state index is -1.97. The van der Waals surface area contributed by atoms with E-state index >= 15 is 9.59 Å². The number of aromatic amines is 2. The molecule has 0 aliphatic rings. The number of benzene rings is 3. The van der Waals surface area contributed by atoms with Crippen molar-refractivity contribution in [2.24, 2.45) is 34.8 Å². The molecule has 0 aliphatic heterocycles. The number of fused-ring (bicyclic) bond motifs is 2. The summed E-state index contributed by atoms with van der Waals surface area (Å²) in [4.78, 5) is 251. The average molecular weight is 1700 g/mol. The second-order valence-electron chi connectivity index (χ2n) is 29.4. The second kappa shape index (κ2) is 47.8. The molecule has 0 bridgehead atoms. The molecule has 26 N–H and O–H groups in total. The number of aromatic hydroxyl groups is 1. The van der Waals surface area contributed by atoms with Crippen LogP contribution in [-0.2, 0) is 106 Å². The number of phenolic OH excluding ortho intramolecular Hbond substituents is 1. The Hall–Kier alpha value is -12.3. The molecular weight excluding hydrogens is 1590 g/mol. The first-order valence-corrected chi connectivity index (χ1v) is 39.4. The largest absolute Gasteiger partial charge is 0.508 e. The van der Waals surface area contributed by atoms with Gasteiger partial charge < -0.3 is 117 Å². The number of thiol groups is 2. The molecule has 119 heavy (non-hydrogen) atoms. The van der Waals surface area contributed by atoms with E-state index in [9.17, 15) is 92.0 Å². The Morgan fingerprint density at radius 2 is 0.756 bits per heavy atom. The molecule has 0 saturated carbocycles. The van der Waals surface area contributed by atoms with Gasteiger partial charge in [0.2, 0.25) is 100 Å². The summed E-state index contributed by atoms with van der Waals surface area (Å²) in [6.45, 7) is 8.76. The van der Waals surface area contributed by atoms with Crippen LogP contribution in [0.15, 0.2) is 85.2 Å². The molecule has 0 unspecified atom stereocenters. The smallest absolute Gasteiger partial charge is 0.303 e. The number of aliphatic hydroxyl groups is 1. The van der Waals surface area contributed by atoms with Crippen molar-refractivity contribution in [3.8, 4) is 5.75 Å². The van der Waals surface area contributed by atoms with E-state index in [4.69, 9.17) is 22.9 Å². The highest BCUT2D eigenvalue weighted by Crippen LogP contribution is 2.23. The van der Waals surface area contributed by atoms with Crippen LogP contribution in [-0.4, -0.2) is 228 Å². The van der Waals surface area contributed by atoms with Gasteiger partial charge in [0, 0.05) is 91.2 Å². The monoisotopic (exact) mass is 1700 g/mol. The van der Waals surface area contributed by atoms with Crippen molar-refractivity contribution in [1.29, 1.82) is 0 Å². The maximum atomic E-state index is 15.2. The van der Waals surface area contributed by atoms with Crippen LogP contribution < -0.4 is 92.1 Å². The zero-order valence-corrected chi connectivity index (χ0v) is 68.2. The molecule has 5 aromatic rings. The summed E-state index contributed by atoms with van der Waals surface area (Å²) in [5.74, 6) is -20.2. The Bertz CT molecular complexity index is 4460. The number of hydrogen-bond acceptors (Lipinski definition) is 22. The Kier molecular flexibility index (Phi) is 39.0. The fourth-order valence-corrected chi connectivity index (χ4v) is 12.9. The van der Waals surface area contributed by atoms with Crippen LogP contribution >= 0.6 is 25.3 Å². The molecule has 40 nitrogen and oxygen atoms in total. The summed E-state index contributed by atoms with van der Waals surface area (Å²) >= 11 is 8.57. The number of H-pyrrole nitrogens is 2. The van der Waals surface area contributed by atoms with Crippen LogP contribution in [0.3, 0.4) is 0 Å². The molecule has 5 rings (SSSR count). The number of primary amides is 4. The molecule has 0 saturated heterocycles. The van der Waals surface area contributed by atoms with Crippen LogP contribution in [0, 0.1) is 11.8 Å². The first-order valence-electron chi connectivity index (χ1n) is 38.2. The normalized spacial score (nSPS) is 14.5. The highest BCUT2D eigenvalue weighted by molar-refractivity contribution is 7.80. The number of aromatic nitrogens is 2. The first kappa shape index (κ1) is 97.2. The van der Waals surface area contributed by atoms with Gasteiger partial charge >= 0.3 is 5.97 Å². The lowest BCUT2D eigenvalue weighted by molar-refractivity contribution is -0.139. The van der Waals surface area contributed by atoms with Crippen molar-refractivity contribution in [3.05, 3.63) is 102 Å². The molecule has 42 heteroatoms. The highest BCUT2D eigenvalue weighted by Gasteiger charge is 2.39. The van der Waals surface area contributed by atoms with Crippen LogP contribution in [0.4, 0.5) is 0 Å². The van der Waals surface area contributed by atoms with Gasteiger partial charge in [-0.15, -0.1) is 0 Å². The van der Waals surface area contributed by atoms with Gasteiger partial charge in [-0.25, -0.2) is 0 Å². The number of rotatable bonds is 51. The molecule has 0 radical (unpaired) electrons. The topological polar surface area (TPSA) is 660 Å². The third kappa shape index (κ3) is 32.6. The number of hydrogen-bond donors (Lipinski definition) is 24. The number of amides is 17. The summed E-state index contributed by atoms with van der Waals surface area (Å²) in [6.07, 6.45) is -3.89. The van der Waals surface area contributed by atoms with E-state index in [0.717, 1.165) is 6.92 Å². The lowest BCUT2D eigenvalue weighted by atomic mass is 9.99. The van der Waals surface area contributed by atoms with Gasteiger partial charge in [0.25, 0.3) is 0 Å². The van der Waals surface area contributed by atoms with Crippen LogP contribution in [0.2, 0.25) is 0 Å². The molecule has 2 heterocycles. The Morgan fingerprint density at radius 3 is 1.15 bits per heavy atom. The number of nitrogens with two attached hydrogens (primary N) is 4. The van der Waals surface area contributed by atoms with Crippen LogP contribution in [0.1, 0.15) is 122 Å². The van der Waals surface area contributed by atoms with E-state index in [2.05, 4.69) is 104 Å². The van der Waals surface area contributed by atoms with E-state index in [0.29, 0.717) is 38.5 Å². The average Bonchev–Trinajstić information content (AvgIpc) is 1.61. The van der Waals surface area contributed by atoms with Gasteiger partial charge in [-0.2, -0.15) is 25.3 Å². The molecular formula is C77H107N19O21S2. The van der Waals surface area contributed by atoms with E-state index in [1.54, 1.807) is 82.4 Å². The van der Waals surface area contributed by atoms with E-state index < -0.39 is 255 Å². The molecule has 648 valence electrons. The zero-order valence-electron chi connectivity index (χ0n) is 66.5. The van der Waals surface area contributed by atoms with Crippen molar-refractivity contribution >= 4 is 153 Å². The number of aliphatic carboxylic acids is 1. The summed E-state index contributed by atoms with van der Waals surface area (Å²) in [6, 6.07) is -0.897. The van der Waals surface area contributed by atoms with Gasteiger partial charge in [0.1, 0.15) is 78.3 Å². The molecule has 3 aromatic carbocycles. The number of carboxylic acid groups (broad SMARTS) is 1. The molecule has 17 amide bonds. The van der Waals surface area contributed by atoms with Crippen molar-refractivity contribution in [2.75, 3.05) is 18.1 Å². The van der Waals surface area contributed by atoms with Gasteiger partial charge in [-0.1, -0.05) is 76.2 Å². The first-order chi connectivity index (χ1) is 56.2. The number of carbonyl (C=O) groups is 18. The summed E-state index contributed by atoms with van der Waals surface area (Å²) in [5, 5.41) is 64.3. The number of phenols is 1. The summed E-state index contributed by atoms with van der Waals surface area (Å²) in [7, 11) is 0. The van der Waals surface area contributed by atoms with Crippen molar-refractivity contribution in [3.63, 3.8) is 0 Å². The van der Waals surface area contributed by atoms with Crippen molar-refractivity contribution in [1.82, 2.24) is 79.1 Å². The van der Waals surface area contributed by atoms with Crippen LogP contribution in [0.25, 0.3) is 21.8 Å². The third-order valence-corrected chi connectivity index (χ3v) is 19.3. The maximum Gasteiger partial charge on any atom is 0.303 e. The number of aliphatic hydroxyl groups excluding tert-OH is 1. The van der Waals surface area contributed by atoms with Crippen LogP contribution in [0.5, 0.6) is 5.75 Å². The van der Waals surface area contributed by atoms with Crippen molar-refractivity contribution in [2.45, 2.75) is 204 Å². The lowest BCUT2D eigenvalue weighted by Crippen LogP contribution is -2.62. The van der Waals surface area contributed by atoms with Gasteiger partial charge in [-0.3, -0.25) is 86.3 Å². The molecule has 0 aliphatic carbocycles. The number of carboxylic acids is 1. The number of carbonyl (C=O) groups excluding carboxylic acids is 17. The fraction of sp³-hybridized carbons (Fsp3) is 0.481. The fourth-order valence-electron chi connectivity index (χ4n) is 12.4. The quantitative estimate of drug-likeness (QED) is 0.0164. The van der Waals surface area contributed by atoms with Gasteiger partial charge in [0.05, 0.1) is 19.1 Å². The Balaban J connectivity index is 1.48. The zero-order chi connectivity index (χ0) is 88.5. The SMILES string of the molecule is CC(=O)N[C@@H](CC(C)C)C(=O)N[C@@H](CS)C(=O)N[C@@H](CCC(N)=O)C(=O)N[C@H](C(=O)N[C@@H](Cc1c[nH]c2ccccc12)C(=O)N[C@@H](CCC(N)=O)C(=O)N[C@@H](CS)C(=O)N[C@@H](Cc1ccc(O)cc1)C(=O)N[C@@H](Cc1c[nH]c2ccccc12)C(=O)N[C@@H](CCC(C)C)C(=O)N[C@@H](CCC(=O)O)C(=O)N[C@@H](CC(N)=O)C(=O)NCC(N)=O)[C@@H](C)O. The standard InChI is InChI=1S/C77H107N19O21S2/c1-37(2)15-20-49(67(107)86-52(23-26-64(104)105)68(108)92-57(31-62(80)102)66(106)84-34-63(81)103)87-73(113)55(29-42-32-82-47-13-9-7-11-45(42)47)91-72(112)54(28-41-16-18-44(99)19-17-41)90-76(116)59(36-119)94-69(109)50(21-24-60(78)100)88-74(114)56(30-43-33-83-48-14-10-8-12-46(43)48)93-77(117)65(39(5)97)96-70(110)51(22-25-61(79)101)89-75(115)58(35-118)95-71(111)53(27-38(3)4)85-40(6)98/h7-14,16-19,32-33,37-39,49-59,65,82-83,97,99,118-119H,15,20-31,34-36H2,1-6H3,(H2,78,100)(H2,79,101)(H2,80,102)(H2,81,103)(H,84,106)(H,85,98)(H,86,107)(H,87,113)(H,88,114)(H,89,115)(H,90,116)(H,91,112)(H,92,108)(H,93,117)(H,94,109)(H,95,111)(H,96,110)(H,104,105)/t39-,49+,50+,51+,52+,53+,54+,55+,56+,57+,58+,59+,65+/m1/s1. The van der Waals surface area contributed by atoms with E-state index in [-0.39, 0.29) is 49.0 Å². The Labute approximate surface area is 695 Å². The number of nitrogens with one attached hydrogen (secondary N) is 15. The summed E-state index contributed by atoms with van der Waals surface area (Å²) in [5.41, 5.74) is 23.9. The molecule has 2 aromatic heterocycles. The number of para-hydroxylation sites is 2. The molecule has 13 atom stereocenters. The predicted octanol–water partition coefficient (Wildman–Crippen LogP) is -4.18. The van der Waals surface area contributed by atoms with Crippen molar-refractivity contribution < 1.29 is 102 Å². The molecule has 0 spiro atoms. The highest BCUT2D eigenvalue weighted by atomic mass is 32.1. The third-order valence-electron chi connectivity index (χ3n) is 18.6. The van der Waals surface area contributed by atoms with Gasteiger partial charge in [0.15, 0.2) is 0 Å². The second-order valence-corrected chi connectivity index (χ2v) is 30.1. The van der Waals surface area contributed by atoms with Gasteiger partial charge in [-0.05, 0) is 98.2 Å². The lowest BCUT2D eigenvalue weighted by Gasteiger charge is -2.29. The predicted molar refractivity (Wildman–Crippen MR) is 437 cm³/mol. The minimum Gasteiger partial charge on any atom is -0.508 e. The maximum absolute atomic E-state index is 15.2. The molecule has 0 fully saturated rings. The van der Waals surface area contributed by atoms with E-state index in [1.165, 1.54) is 37.4 Å². The van der Waals surface area contributed by atoms with E-state index in [1.807, 2.05) is 0 Å². The Morgan fingerprint density at radius 1 is 0.387 bits per heavy atom. The minimum absolute atomic E-state index is 0.0916. The summed E-state index contributed by atoms with van der Waals surface area (Å²) < 4.78 is 0.